The Morgan fingerprint density at radius 3 is 2.75 bits per heavy atom. The van der Waals surface area contributed by atoms with Gasteiger partial charge in [0.2, 0.25) is 5.43 Å². The van der Waals surface area contributed by atoms with Crippen molar-refractivity contribution in [2.24, 2.45) is 0 Å². The predicted molar refractivity (Wildman–Crippen MR) is 90.8 cm³/mol. The summed E-state index contributed by atoms with van der Waals surface area (Å²) in [7, 11) is 0. The molecule has 1 aliphatic heterocycles. The summed E-state index contributed by atoms with van der Waals surface area (Å²) in [6.07, 6.45) is 3.66. The highest BCUT2D eigenvalue weighted by molar-refractivity contribution is 6.10. The Morgan fingerprint density at radius 1 is 1.21 bits per heavy atom. The first-order chi connectivity index (χ1) is 11.5. The Kier molecular flexibility index (Phi) is 3.06. The molecule has 3 aromatic rings. The highest BCUT2D eigenvalue weighted by Gasteiger charge is 2.32. The number of carbonyl (C=O) groups is 1. The van der Waals surface area contributed by atoms with Crippen LogP contribution in [0.3, 0.4) is 0 Å². The smallest absolute Gasteiger partial charge is 0.268 e. The number of carbonyl (C=O) groups excluding carboxylic acids is 1. The molecule has 0 atom stereocenters. The molecule has 1 aromatic carbocycles. The molecule has 0 unspecified atom stereocenters. The Bertz CT molecular complexity index is 1100. The third-order valence-corrected chi connectivity index (χ3v) is 4.33. The van der Waals surface area contributed by atoms with E-state index in [0.29, 0.717) is 23.4 Å². The van der Waals surface area contributed by atoms with Crippen LogP contribution < -0.4 is 5.43 Å². The summed E-state index contributed by atoms with van der Waals surface area (Å²) in [5.74, 6) is -0.842. The van der Waals surface area contributed by atoms with Crippen molar-refractivity contribution in [3.63, 3.8) is 0 Å². The fourth-order valence-electron chi connectivity index (χ4n) is 3.22. The van der Waals surface area contributed by atoms with Gasteiger partial charge < -0.3 is 4.57 Å². The first kappa shape index (κ1) is 14.6. The average Bonchev–Trinajstić information content (AvgIpc) is 3.11. The fraction of sp³-hybridized carbons (Fsp3) is 0.158. The summed E-state index contributed by atoms with van der Waals surface area (Å²) in [6, 6.07) is 7.74. The highest BCUT2D eigenvalue weighted by Crippen LogP contribution is 2.33. The molecule has 4 rings (SSSR count). The van der Waals surface area contributed by atoms with Gasteiger partial charge in [-0.1, -0.05) is 11.6 Å². The number of aromatic nitrogens is 2. The molecule has 4 nitrogen and oxygen atoms in total. The van der Waals surface area contributed by atoms with Crippen LogP contribution >= 0.6 is 0 Å². The SMILES string of the molecule is CC(C)=CCn1c2c(c(=O)c3cc(F)ccc31)C(=O)n1cccc1-2. The topological polar surface area (TPSA) is 44.0 Å². The Labute approximate surface area is 137 Å². The van der Waals surface area contributed by atoms with Crippen molar-refractivity contribution >= 4 is 16.8 Å². The van der Waals surface area contributed by atoms with Crippen molar-refractivity contribution in [2.75, 3.05) is 0 Å². The summed E-state index contributed by atoms with van der Waals surface area (Å²) in [5.41, 5.74) is 2.75. The molecule has 0 amide bonds. The molecule has 5 heteroatoms. The molecule has 0 saturated carbocycles. The van der Waals surface area contributed by atoms with Gasteiger partial charge in [-0.2, -0.15) is 0 Å². The Morgan fingerprint density at radius 2 is 2.00 bits per heavy atom. The van der Waals surface area contributed by atoms with Crippen molar-refractivity contribution in [1.29, 1.82) is 0 Å². The van der Waals surface area contributed by atoms with Crippen LogP contribution in [0.5, 0.6) is 0 Å². The molecule has 0 fully saturated rings. The second kappa shape index (κ2) is 5.03. The lowest BCUT2D eigenvalue weighted by atomic mass is 10.1. The van der Waals surface area contributed by atoms with E-state index in [1.54, 1.807) is 18.3 Å². The second-order valence-corrected chi connectivity index (χ2v) is 6.17. The number of pyridine rings is 1. The zero-order valence-electron chi connectivity index (χ0n) is 13.3. The third-order valence-electron chi connectivity index (χ3n) is 4.33. The molecule has 1 aliphatic rings. The van der Waals surface area contributed by atoms with E-state index in [2.05, 4.69) is 0 Å². The largest absolute Gasteiger partial charge is 0.334 e. The molecular formula is C19H15FN2O2. The fourth-order valence-corrected chi connectivity index (χ4v) is 3.22. The van der Waals surface area contributed by atoms with Crippen molar-refractivity contribution in [3.05, 3.63) is 69.8 Å². The van der Waals surface area contributed by atoms with E-state index in [0.717, 1.165) is 5.57 Å². The molecule has 120 valence electrons. The minimum atomic E-state index is -0.488. The van der Waals surface area contributed by atoms with E-state index in [9.17, 15) is 14.0 Å². The second-order valence-electron chi connectivity index (χ2n) is 6.17. The molecular weight excluding hydrogens is 307 g/mol. The van der Waals surface area contributed by atoms with Crippen molar-refractivity contribution in [2.45, 2.75) is 20.4 Å². The van der Waals surface area contributed by atoms with Gasteiger partial charge in [-0.15, -0.1) is 0 Å². The maximum absolute atomic E-state index is 13.7. The first-order valence-corrected chi connectivity index (χ1v) is 7.71. The van der Waals surface area contributed by atoms with Crippen LogP contribution in [0.4, 0.5) is 4.39 Å². The number of fused-ring (bicyclic) bond motifs is 4. The van der Waals surface area contributed by atoms with Gasteiger partial charge in [0.15, 0.2) is 0 Å². The summed E-state index contributed by atoms with van der Waals surface area (Å²) in [5, 5.41) is 0.231. The Hall–Kier alpha value is -2.95. The van der Waals surface area contributed by atoms with Gasteiger partial charge in [0.05, 0.1) is 16.9 Å². The summed E-state index contributed by atoms with van der Waals surface area (Å²) >= 11 is 0. The zero-order valence-corrected chi connectivity index (χ0v) is 13.3. The number of allylic oxidation sites excluding steroid dienone is 2. The lowest BCUT2D eigenvalue weighted by molar-refractivity contribution is 0.0968. The van der Waals surface area contributed by atoms with Gasteiger partial charge >= 0.3 is 0 Å². The van der Waals surface area contributed by atoms with E-state index < -0.39 is 11.2 Å². The predicted octanol–water partition coefficient (Wildman–Crippen LogP) is 3.58. The maximum atomic E-state index is 13.7. The van der Waals surface area contributed by atoms with Gasteiger partial charge in [0.1, 0.15) is 11.4 Å². The molecule has 3 heterocycles. The monoisotopic (exact) mass is 322 g/mol. The van der Waals surface area contributed by atoms with Crippen molar-refractivity contribution in [3.8, 4) is 11.4 Å². The van der Waals surface area contributed by atoms with Gasteiger partial charge in [-0.25, -0.2) is 4.39 Å². The quantitative estimate of drug-likeness (QED) is 0.530. The molecule has 0 spiro atoms. The molecule has 24 heavy (non-hydrogen) atoms. The number of hydrogen-bond donors (Lipinski definition) is 0. The van der Waals surface area contributed by atoms with E-state index >= 15 is 0 Å². The van der Waals surface area contributed by atoms with Crippen LogP contribution in [0.1, 0.15) is 24.2 Å². The van der Waals surface area contributed by atoms with Gasteiger partial charge in [0.25, 0.3) is 5.91 Å². The molecule has 0 N–H and O–H groups in total. The average molecular weight is 322 g/mol. The van der Waals surface area contributed by atoms with Crippen LogP contribution in [0, 0.1) is 5.82 Å². The normalized spacial score (nSPS) is 12.4. The van der Waals surface area contributed by atoms with E-state index in [4.69, 9.17) is 0 Å². The van der Waals surface area contributed by atoms with Crippen molar-refractivity contribution in [1.82, 2.24) is 9.13 Å². The van der Waals surface area contributed by atoms with E-state index in [1.807, 2.05) is 30.6 Å². The maximum Gasteiger partial charge on any atom is 0.268 e. The third kappa shape index (κ3) is 1.91. The van der Waals surface area contributed by atoms with E-state index in [1.165, 1.54) is 16.7 Å². The first-order valence-electron chi connectivity index (χ1n) is 7.71. The number of hydrogen-bond acceptors (Lipinski definition) is 2. The number of benzene rings is 1. The standard InChI is InChI=1S/C19H15FN2O2/c1-11(2)7-9-21-14-6-5-12(20)10-13(14)18(23)16-17(21)15-4-3-8-22(15)19(16)24/h3-8,10H,9H2,1-2H3. The minimum Gasteiger partial charge on any atom is -0.334 e. The molecule has 0 radical (unpaired) electrons. The number of nitrogens with zero attached hydrogens (tertiary/aromatic N) is 2. The van der Waals surface area contributed by atoms with Crippen LogP contribution in [-0.4, -0.2) is 15.0 Å². The minimum absolute atomic E-state index is 0.117. The summed E-state index contributed by atoms with van der Waals surface area (Å²) < 4.78 is 17.0. The van der Waals surface area contributed by atoms with Gasteiger partial charge in [-0.3, -0.25) is 14.2 Å². The number of rotatable bonds is 2. The van der Waals surface area contributed by atoms with E-state index in [-0.39, 0.29) is 16.9 Å². The number of halogens is 1. The van der Waals surface area contributed by atoms with Crippen LogP contribution in [-0.2, 0) is 6.54 Å². The van der Waals surface area contributed by atoms with Crippen LogP contribution in [0.2, 0.25) is 0 Å². The van der Waals surface area contributed by atoms with Crippen LogP contribution in [0.25, 0.3) is 22.3 Å². The van der Waals surface area contributed by atoms with Crippen molar-refractivity contribution < 1.29 is 9.18 Å². The van der Waals surface area contributed by atoms with Gasteiger partial charge in [0, 0.05) is 18.1 Å². The Balaban J connectivity index is 2.18. The summed E-state index contributed by atoms with van der Waals surface area (Å²) in [4.78, 5) is 25.4. The lowest BCUT2D eigenvalue weighted by Crippen LogP contribution is -2.20. The molecule has 0 saturated heterocycles. The van der Waals surface area contributed by atoms with Gasteiger partial charge in [-0.05, 0) is 44.2 Å². The summed E-state index contributed by atoms with van der Waals surface area (Å²) in [6.45, 7) is 4.47. The molecule has 0 bridgehead atoms. The highest BCUT2D eigenvalue weighted by atomic mass is 19.1. The zero-order chi connectivity index (χ0) is 17.0. The lowest BCUT2D eigenvalue weighted by Gasteiger charge is -2.15. The molecule has 2 aromatic heterocycles. The van der Waals surface area contributed by atoms with Crippen LogP contribution in [0.15, 0.2) is 53.0 Å². The molecule has 0 aliphatic carbocycles.